The molecule has 4 aromatic heterocycles. The Morgan fingerprint density at radius 1 is 0.831 bits per heavy atom. The minimum absolute atomic E-state index is 0. The number of nitrogens with two attached hydrogens (primary N) is 1. The second-order valence-electron chi connectivity index (χ2n) is 17.9. The smallest absolute Gasteiger partial charge is 0.407 e. The molecule has 7 heterocycles. The predicted octanol–water partition coefficient (Wildman–Crippen LogP) is 5.79. The largest absolute Gasteiger partial charge is 0.453 e. The highest BCUT2D eigenvalue weighted by molar-refractivity contribution is 7.92. The number of fused-ring (bicyclic) bond motifs is 2. The number of carbonyl (C=O) groups excluding carboxylic acids is 3. The van der Waals surface area contributed by atoms with Gasteiger partial charge in [-0.1, -0.05) is 19.1 Å². The fourth-order valence-corrected chi connectivity index (χ4v) is 9.97. The van der Waals surface area contributed by atoms with E-state index in [1.807, 2.05) is 70.9 Å². The first-order valence-corrected chi connectivity index (χ1v) is 24.2. The Balaban J connectivity index is 0.000000191. The number of carbonyl (C=O) groups is 3. The normalized spacial score (nSPS) is 20.5. The molecule has 4 atom stereocenters. The molecule has 1 aliphatic carbocycles. The lowest BCUT2D eigenvalue weighted by Gasteiger charge is -2.37. The number of aromatic nitrogens is 6. The summed E-state index contributed by atoms with van der Waals surface area (Å²) in [4.78, 5) is 54.4. The Morgan fingerprint density at radius 2 is 1.51 bits per heavy atom. The number of nitrogens with one attached hydrogen (secondary N) is 2. The van der Waals surface area contributed by atoms with E-state index in [2.05, 4.69) is 19.9 Å². The topological polar surface area (TPSA) is 215 Å². The van der Waals surface area contributed by atoms with E-state index >= 15 is 0 Å². The van der Waals surface area contributed by atoms with Crippen LogP contribution in [-0.2, 0) is 19.6 Å². The van der Waals surface area contributed by atoms with Crippen LogP contribution < -0.4 is 20.7 Å². The maximum Gasteiger partial charge on any atom is 0.407 e. The number of hydrogen-bond donors (Lipinski definition) is 3. The van der Waals surface area contributed by atoms with Crippen LogP contribution in [0.3, 0.4) is 0 Å². The van der Waals surface area contributed by atoms with Gasteiger partial charge in [0.25, 0.3) is 5.91 Å². The monoisotopic (exact) mass is 912 g/mol. The van der Waals surface area contributed by atoms with Gasteiger partial charge in [0.1, 0.15) is 11.9 Å². The van der Waals surface area contributed by atoms with Crippen molar-refractivity contribution in [2.75, 3.05) is 49.2 Å². The average molecular weight is 913 g/mol. The number of rotatable bonds is 9. The summed E-state index contributed by atoms with van der Waals surface area (Å²) in [5.41, 5.74) is 13.8. The summed E-state index contributed by atoms with van der Waals surface area (Å²) in [6, 6.07) is 10.4. The molecule has 350 valence electrons. The molecule has 0 radical (unpaired) electrons. The van der Waals surface area contributed by atoms with Crippen LogP contribution >= 0.6 is 0 Å². The molecule has 0 spiro atoms. The van der Waals surface area contributed by atoms with Crippen molar-refractivity contribution in [3.05, 3.63) is 82.1 Å². The van der Waals surface area contributed by atoms with Crippen molar-refractivity contribution in [2.45, 2.75) is 117 Å². The van der Waals surface area contributed by atoms with Crippen molar-refractivity contribution in [1.82, 2.24) is 44.3 Å². The molecule has 4 N–H and O–H groups in total. The molecule has 3 aliphatic heterocycles. The number of hydrogen-bond acceptors (Lipinski definition) is 12. The molecule has 9 rings (SSSR count). The summed E-state index contributed by atoms with van der Waals surface area (Å²) in [7, 11) is -2.19. The number of benzene rings is 1. The van der Waals surface area contributed by atoms with Gasteiger partial charge < -0.3 is 30.5 Å². The number of aryl methyl sites for hydroxylation is 4. The van der Waals surface area contributed by atoms with Crippen LogP contribution in [0.4, 0.5) is 16.3 Å². The van der Waals surface area contributed by atoms with Gasteiger partial charge in [-0.05, 0) is 110 Å². The molecule has 3 saturated heterocycles. The van der Waals surface area contributed by atoms with E-state index < -0.39 is 22.2 Å². The highest BCUT2D eigenvalue weighted by atomic mass is 32.2. The number of nitrogens with zero attached hydrogens (tertiary/aromatic N) is 9. The zero-order valence-corrected chi connectivity index (χ0v) is 38.4. The minimum atomic E-state index is -3.51. The lowest BCUT2D eigenvalue weighted by Crippen LogP contribution is -2.52. The standard InChI is InChI=1S/C23H33N7O3.C22H27N5O3S.CH4/c1-14-12-30-19(25-21(14)28-10-8-16(24)13-28)11-17(27-30)18-5-3-4-9-29(18)22(31)20(15-6-7-15)26-23(32)33-2;1-14-8-9-18(25-31(4,29)30)17(11-14)22(28)26-10-6-5-7-20(26)19-13-21-23-15(2)12-16(3)27(21)24-19;/h11-12,15-16,18,20H,3-10,13,24H2,1-2H3,(H,26,32);8-9,11-13,20,25H,5-7,10H2,1-4H3;1H4/t16-,18-,20-;20-;/m00./s1. The molecule has 4 fully saturated rings. The lowest BCUT2D eigenvalue weighted by molar-refractivity contribution is -0.138. The summed E-state index contributed by atoms with van der Waals surface area (Å²) in [6.45, 7) is 10.8. The Kier molecular flexibility index (Phi) is 14.0. The van der Waals surface area contributed by atoms with Crippen LogP contribution in [0.15, 0.2) is 42.6 Å². The number of methoxy groups -OCH3 is 1. The summed E-state index contributed by atoms with van der Waals surface area (Å²) in [6.07, 6.45) is 10.9. The molecular formula is C46H64N12O6S. The van der Waals surface area contributed by atoms with Gasteiger partial charge in [-0.25, -0.2) is 32.2 Å². The van der Waals surface area contributed by atoms with Crippen molar-refractivity contribution in [3.63, 3.8) is 0 Å². The van der Waals surface area contributed by atoms with E-state index in [0.29, 0.717) is 24.3 Å². The van der Waals surface area contributed by atoms with Crippen molar-refractivity contribution >= 4 is 50.7 Å². The van der Waals surface area contributed by atoms with Gasteiger partial charge in [0, 0.05) is 67.5 Å². The maximum atomic E-state index is 13.6. The Labute approximate surface area is 381 Å². The molecule has 5 aromatic rings. The second-order valence-corrected chi connectivity index (χ2v) is 19.7. The Morgan fingerprint density at radius 3 is 2.17 bits per heavy atom. The molecule has 18 nitrogen and oxygen atoms in total. The number of alkyl carbamates (subject to hydrolysis) is 1. The minimum Gasteiger partial charge on any atom is -0.453 e. The third kappa shape index (κ3) is 10.5. The molecule has 19 heteroatoms. The van der Waals surface area contributed by atoms with Crippen molar-refractivity contribution in [2.24, 2.45) is 11.7 Å². The molecule has 0 bridgehead atoms. The van der Waals surface area contributed by atoms with Crippen molar-refractivity contribution in [1.29, 1.82) is 0 Å². The van der Waals surface area contributed by atoms with Crippen molar-refractivity contribution < 1.29 is 27.5 Å². The number of piperidine rings is 2. The number of likely N-dealkylation sites (tertiary alicyclic amines) is 2. The first-order valence-electron chi connectivity index (χ1n) is 22.3. The van der Waals surface area contributed by atoms with Crippen LogP contribution in [0.1, 0.15) is 122 Å². The van der Waals surface area contributed by atoms with E-state index in [1.54, 1.807) is 18.2 Å². The van der Waals surface area contributed by atoms with Gasteiger partial charge in [-0.15, -0.1) is 0 Å². The van der Waals surface area contributed by atoms with Crippen LogP contribution in [0.25, 0.3) is 11.3 Å². The molecule has 1 aromatic carbocycles. The fourth-order valence-electron chi connectivity index (χ4n) is 9.39. The van der Waals surface area contributed by atoms with Crippen LogP contribution in [0.2, 0.25) is 0 Å². The van der Waals surface area contributed by atoms with Gasteiger partial charge in [0.2, 0.25) is 15.9 Å². The fraction of sp³-hybridized carbons (Fsp3) is 0.543. The van der Waals surface area contributed by atoms with E-state index in [1.165, 1.54) is 7.11 Å². The van der Waals surface area contributed by atoms with Crippen LogP contribution in [0, 0.1) is 33.6 Å². The second kappa shape index (κ2) is 19.3. The number of sulfonamides is 1. The molecule has 65 heavy (non-hydrogen) atoms. The first-order chi connectivity index (χ1) is 30.6. The quantitative estimate of drug-likeness (QED) is 0.160. The number of amides is 3. The van der Waals surface area contributed by atoms with Gasteiger partial charge in [0.05, 0.1) is 48.1 Å². The van der Waals surface area contributed by atoms with Gasteiger partial charge in [-0.2, -0.15) is 10.2 Å². The molecule has 1 saturated carbocycles. The molecular weight excluding hydrogens is 849 g/mol. The van der Waals surface area contributed by atoms with E-state index in [4.69, 9.17) is 25.7 Å². The Bertz CT molecular complexity index is 2680. The Hall–Kier alpha value is -5.82. The maximum absolute atomic E-state index is 13.6. The molecule has 3 amide bonds. The summed E-state index contributed by atoms with van der Waals surface area (Å²) >= 11 is 0. The van der Waals surface area contributed by atoms with Gasteiger partial charge in [0.15, 0.2) is 11.3 Å². The lowest BCUT2D eigenvalue weighted by atomic mass is 9.97. The zero-order chi connectivity index (χ0) is 45.4. The van der Waals surface area contributed by atoms with Crippen molar-refractivity contribution in [3.8, 4) is 0 Å². The van der Waals surface area contributed by atoms with Crippen LogP contribution in [0.5, 0.6) is 0 Å². The van der Waals surface area contributed by atoms with Crippen LogP contribution in [-0.4, -0.2) is 117 Å². The van der Waals surface area contributed by atoms with Gasteiger partial charge >= 0.3 is 6.09 Å². The zero-order valence-electron chi connectivity index (χ0n) is 37.6. The van der Waals surface area contributed by atoms with E-state index in [-0.39, 0.29) is 43.3 Å². The highest BCUT2D eigenvalue weighted by Gasteiger charge is 2.42. The summed E-state index contributed by atoms with van der Waals surface area (Å²) < 4.78 is 34.5. The summed E-state index contributed by atoms with van der Waals surface area (Å²) in [5, 5.41) is 12.3. The van der Waals surface area contributed by atoms with E-state index in [9.17, 15) is 22.8 Å². The first kappa shape index (κ1) is 47.2. The third-order valence-corrected chi connectivity index (χ3v) is 13.2. The molecule has 0 unspecified atom stereocenters. The molecule has 4 aliphatic rings. The highest BCUT2D eigenvalue weighted by Crippen LogP contribution is 2.38. The third-order valence-electron chi connectivity index (χ3n) is 12.7. The van der Waals surface area contributed by atoms with Gasteiger partial charge in [-0.3, -0.25) is 14.3 Å². The number of anilines is 2. The number of ether oxygens (including phenoxy) is 1. The van der Waals surface area contributed by atoms with E-state index in [0.717, 1.165) is 128 Å². The SMILES string of the molecule is C.COC(=O)N[C@H](C(=O)N1CCCC[C@H]1c1cc2nc(N3CC[C@H](N)C3)c(C)cn2n1)C1CC1.Cc1ccc(NS(C)(=O)=O)c(C(=O)N2CCCC[C@H]2c2cc3nc(C)cc(C)n3n2)c1. The predicted molar refractivity (Wildman–Crippen MR) is 249 cm³/mol. The summed E-state index contributed by atoms with van der Waals surface area (Å²) in [5.74, 6) is 0.895. The average Bonchev–Trinajstić information content (AvgIpc) is 3.64.